The fourth-order valence-corrected chi connectivity index (χ4v) is 2.72. The van der Waals surface area contributed by atoms with Gasteiger partial charge in [0, 0.05) is 11.1 Å². The Balaban J connectivity index is 1.78. The van der Waals surface area contributed by atoms with Gasteiger partial charge in [0.25, 0.3) is 5.91 Å². The maximum atomic E-state index is 12.6. The lowest BCUT2D eigenvalue weighted by Gasteiger charge is -2.20. The van der Waals surface area contributed by atoms with Gasteiger partial charge < -0.3 is 24.3 Å². The van der Waals surface area contributed by atoms with Crippen molar-refractivity contribution in [3.63, 3.8) is 0 Å². The molecule has 0 fully saturated rings. The molecule has 132 valence electrons. The van der Waals surface area contributed by atoms with Crippen LogP contribution in [-0.4, -0.2) is 33.3 Å². The summed E-state index contributed by atoms with van der Waals surface area (Å²) in [5, 5.41) is 2.97. The number of fused-ring (bicyclic) bond motifs is 1. The SMILES string of the molecule is COc1ccc(OC)c([C@H](C)NC(=O)c2ccc3c(c2)OCCO3)c1. The molecule has 1 aliphatic rings. The molecular weight excluding hydrogens is 322 g/mol. The molecule has 2 aromatic rings. The van der Waals surface area contributed by atoms with E-state index >= 15 is 0 Å². The number of rotatable bonds is 5. The van der Waals surface area contributed by atoms with Crippen molar-refractivity contribution in [2.45, 2.75) is 13.0 Å². The largest absolute Gasteiger partial charge is 0.497 e. The lowest BCUT2D eigenvalue weighted by atomic mass is 10.1. The minimum Gasteiger partial charge on any atom is -0.497 e. The maximum absolute atomic E-state index is 12.6. The van der Waals surface area contributed by atoms with E-state index in [4.69, 9.17) is 18.9 Å². The van der Waals surface area contributed by atoms with E-state index in [1.807, 2.05) is 25.1 Å². The van der Waals surface area contributed by atoms with Gasteiger partial charge in [-0.2, -0.15) is 0 Å². The minimum absolute atomic E-state index is 0.200. The predicted molar refractivity (Wildman–Crippen MR) is 92.9 cm³/mol. The second kappa shape index (κ2) is 7.34. The lowest BCUT2D eigenvalue weighted by Crippen LogP contribution is -2.27. The number of nitrogens with one attached hydrogen (secondary N) is 1. The molecule has 1 N–H and O–H groups in total. The van der Waals surface area contributed by atoms with Gasteiger partial charge in [0.15, 0.2) is 11.5 Å². The Morgan fingerprint density at radius 1 is 1.04 bits per heavy atom. The Hall–Kier alpha value is -2.89. The smallest absolute Gasteiger partial charge is 0.251 e. The van der Waals surface area contributed by atoms with Crippen molar-refractivity contribution >= 4 is 5.91 Å². The molecule has 2 aromatic carbocycles. The summed E-state index contributed by atoms with van der Waals surface area (Å²) < 4.78 is 21.6. The van der Waals surface area contributed by atoms with E-state index < -0.39 is 0 Å². The number of amides is 1. The molecule has 0 unspecified atom stereocenters. The minimum atomic E-state index is -0.259. The molecular formula is C19H21NO5. The molecule has 3 rings (SSSR count). The molecule has 0 aromatic heterocycles. The molecule has 25 heavy (non-hydrogen) atoms. The van der Waals surface area contributed by atoms with Gasteiger partial charge in [-0.15, -0.1) is 0 Å². The van der Waals surface area contributed by atoms with Crippen LogP contribution in [0.25, 0.3) is 0 Å². The van der Waals surface area contributed by atoms with Crippen LogP contribution >= 0.6 is 0 Å². The third-order valence-corrected chi connectivity index (χ3v) is 4.06. The van der Waals surface area contributed by atoms with Crippen molar-refractivity contribution in [3.05, 3.63) is 47.5 Å². The first-order chi connectivity index (χ1) is 12.1. The molecule has 0 aliphatic carbocycles. The molecule has 1 aliphatic heterocycles. The van der Waals surface area contributed by atoms with Gasteiger partial charge in [-0.25, -0.2) is 0 Å². The number of ether oxygens (including phenoxy) is 4. The quantitative estimate of drug-likeness (QED) is 0.904. The normalized spacial score (nSPS) is 13.7. The number of hydrogen-bond acceptors (Lipinski definition) is 5. The van der Waals surface area contributed by atoms with Crippen LogP contribution in [0.4, 0.5) is 0 Å². The van der Waals surface area contributed by atoms with Crippen LogP contribution in [0.15, 0.2) is 36.4 Å². The summed E-state index contributed by atoms with van der Waals surface area (Å²) in [6.45, 7) is 2.90. The summed E-state index contributed by atoms with van der Waals surface area (Å²) in [5.41, 5.74) is 1.35. The zero-order chi connectivity index (χ0) is 17.8. The van der Waals surface area contributed by atoms with E-state index in [-0.39, 0.29) is 11.9 Å². The molecule has 6 heteroatoms. The third-order valence-electron chi connectivity index (χ3n) is 4.06. The van der Waals surface area contributed by atoms with Crippen LogP contribution in [0, 0.1) is 0 Å². The molecule has 0 radical (unpaired) electrons. The van der Waals surface area contributed by atoms with Crippen molar-refractivity contribution in [3.8, 4) is 23.0 Å². The molecule has 0 spiro atoms. The third kappa shape index (κ3) is 3.63. The number of methoxy groups -OCH3 is 2. The summed E-state index contributed by atoms with van der Waals surface area (Å²) in [6.07, 6.45) is 0. The van der Waals surface area contributed by atoms with E-state index in [9.17, 15) is 4.79 Å². The van der Waals surface area contributed by atoms with Gasteiger partial charge in [0.2, 0.25) is 0 Å². The molecule has 6 nitrogen and oxygen atoms in total. The van der Waals surface area contributed by atoms with Gasteiger partial charge in [-0.1, -0.05) is 0 Å². The highest BCUT2D eigenvalue weighted by molar-refractivity contribution is 5.95. The highest BCUT2D eigenvalue weighted by Crippen LogP contribution is 2.32. The highest BCUT2D eigenvalue weighted by Gasteiger charge is 2.19. The van der Waals surface area contributed by atoms with E-state index in [1.54, 1.807) is 32.4 Å². The summed E-state index contributed by atoms with van der Waals surface area (Å²) in [4.78, 5) is 12.6. The molecule has 0 saturated carbocycles. The molecule has 0 bridgehead atoms. The summed E-state index contributed by atoms with van der Waals surface area (Å²) in [6, 6.07) is 10.4. The molecule has 1 heterocycles. The second-order valence-electron chi connectivity index (χ2n) is 5.66. The molecule has 1 amide bonds. The van der Waals surface area contributed by atoms with Crippen LogP contribution in [0.2, 0.25) is 0 Å². The maximum Gasteiger partial charge on any atom is 0.251 e. The van der Waals surface area contributed by atoms with E-state index in [0.29, 0.717) is 41.8 Å². The van der Waals surface area contributed by atoms with Crippen molar-refractivity contribution in [1.29, 1.82) is 0 Å². The van der Waals surface area contributed by atoms with Crippen molar-refractivity contribution in [2.75, 3.05) is 27.4 Å². The van der Waals surface area contributed by atoms with E-state index in [1.165, 1.54) is 0 Å². The second-order valence-corrected chi connectivity index (χ2v) is 5.66. The van der Waals surface area contributed by atoms with Crippen LogP contribution in [-0.2, 0) is 0 Å². The highest BCUT2D eigenvalue weighted by atomic mass is 16.6. The molecule has 0 saturated heterocycles. The topological polar surface area (TPSA) is 66.0 Å². The zero-order valence-electron chi connectivity index (χ0n) is 14.5. The number of benzene rings is 2. The van der Waals surface area contributed by atoms with Gasteiger partial charge in [-0.3, -0.25) is 4.79 Å². The zero-order valence-corrected chi connectivity index (χ0v) is 14.5. The summed E-state index contributed by atoms with van der Waals surface area (Å²) >= 11 is 0. The first kappa shape index (κ1) is 17.0. The molecule has 1 atom stereocenters. The summed E-state index contributed by atoms with van der Waals surface area (Å²) in [5.74, 6) is 2.44. The predicted octanol–water partition coefficient (Wildman–Crippen LogP) is 2.97. The van der Waals surface area contributed by atoms with E-state index in [2.05, 4.69) is 5.32 Å². The Morgan fingerprint density at radius 2 is 1.80 bits per heavy atom. The van der Waals surface area contributed by atoms with Crippen molar-refractivity contribution in [1.82, 2.24) is 5.32 Å². The Bertz CT molecular complexity index is 774. The average Bonchev–Trinajstić information content (AvgIpc) is 2.66. The first-order valence-corrected chi connectivity index (χ1v) is 8.05. The fraction of sp³-hybridized carbons (Fsp3) is 0.316. The lowest BCUT2D eigenvalue weighted by molar-refractivity contribution is 0.0938. The standard InChI is InChI=1S/C19H21NO5/c1-12(15-11-14(22-2)5-7-16(15)23-3)20-19(21)13-4-6-17-18(10-13)25-9-8-24-17/h4-7,10-12H,8-9H2,1-3H3,(H,20,21)/t12-/m0/s1. The Morgan fingerprint density at radius 3 is 2.52 bits per heavy atom. The Labute approximate surface area is 146 Å². The van der Waals surface area contributed by atoms with Crippen LogP contribution < -0.4 is 24.3 Å². The fourth-order valence-electron chi connectivity index (χ4n) is 2.72. The van der Waals surface area contributed by atoms with Gasteiger partial charge in [0.1, 0.15) is 24.7 Å². The van der Waals surface area contributed by atoms with E-state index in [0.717, 1.165) is 5.56 Å². The van der Waals surface area contributed by atoms with Crippen molar-refractivity contribution < 1.29 is 23.7 Å². The Kier molecular flexibility index (Phi) is 4.97. The van der Waals surface area contributed by atoms with Gasteiger partial charge >= 0.3 is 0 Å². The van der Waals surface area contributed by atoms with Crippen LogP contribution in [0.1, 0.15) is 28.9 Å². The van der Waals surface area contributed by atoms with Crippen molar-refractivity contribution in [2.24, 2.45) is 0 Å². The number of carbonyl (C=O) groups is 1. The number of hydrogen-bond donors (Lipinski definition) is 1. The number of carbonyl (C=O) groups excluding carboxylic acids is 1. The van der Waals surface area contributed by atoms with Gasteiger partial charge in [0.05, 0.1) is 20.3 Å². The van der Waals surface area contributed by atoms with Crippen LogP contribution in [0.3, 0.4) is 0 Å². The monoisotopic (exact) mass is 343 g/mol. The van der Waals surface area contributed by atoms with Gasteiger partial charge in [-0.05, 0) is 43.3 Å². The first-order valence-electron chi connectivity index (χ1n) is 8.05. The average molecular weight is 343 g/mol. The summed E-state index contributed by atoms with van der Waals surface area (Å²) in [7, 11) is 3.20. The van der Waals surface area contributed by atoms with Crippen LogP contribution in [0.5, 0.6) is 23.0 Å².